The maximum atomic E-state index is 12.2. The van der Waals surface area contributed by atoms with Crippen molar-refractivity contribution in [1.82, 2.24) is 15.1 Å². The van der Waals surface area contributed by atoms with Crippen LogP contribution in [0.5, 0.6) is 0 Å². The number of morpholine rings is 1. The molecule has 156 valence electrons. The van der Waals surface area contributed by atoms with Crippen LogP contribution in [0.1, 0.15) is 12.5 Å². The van der Waals surface area contributed by atoms with Gasteiger partial charge in [-0.2, -0.15) is 0 Å². The topological polar surface area (TPSA) is 56.8 Å². The van der Waals surface area contributed by atoms with E-state index in [9.17, 15) is 4.79 Å². The summed E-state index contributed by atoms with van der Waals surface area (Å²) < 4.78 is 5.33. The molecule has 0 saturated carbocycles. The molecule has 0 spiro atoms. The number of piperazine rings is 1. The summed E-state index contributed by atoms with van der Waals surface area (Å²) in [6, 6.07) is 7.92. The van der Waals surface area contributed by atoms with Crippen LogP contribution in [0.4, 0.5) is 5.69 Å². The number of hydrogen-bond donors (Lipinski definition) is 2. The number of benzene rings is 1. The van der Waals surface area contributed by atoms with Gasteiger partial charge in [0, 0.05) is 45.0 Å². The number of hydrogen-bond acceptors (Lipinski definition) is 5. The molecule has 0 aliphatic carbocycles. The molecule has 1 atom stereocenters. The summed E-state index contributed by atoms with van der Waals surface area (Å²) >= 11 is 0. The lowest BCUT2D eigenvalue weighted by Gasteiger charge is -2.34. The minimum absolute atomic E-state index is 0. The van der Waals surface area contributed by atoms with Crippen LogP contribution in [-0.2, 0) is 16.1 Å². The molecule has 3 rings (SSSR count). The van der Waals surface area contributed by atoms with Gasteiger partial charge in [0.1, 0.15) is 6.04 Å². The number of halogens is 3. The van der Waals surface area contributed by atoms with Gasteiger partial charge in [0.2, 0.25) is 5.91 Å². The second-order valence-electron chi connectivity index (χ2n) is 6.48. The fourth-order valence-electron chi connectivity index (χ4n) is 3.18. The van der Waals surface area contributed by atoms with E-state index in [1.54, 1.807) is 0 Å². The zero-order chi connectivity index (χ0) is 16.8. The van der Waals surface area contributed by atoms with Crippen LogP contribution in [0.15, 0.2) is 24.3 Å². The summed E-state index contributed by atoms with van der Waals surface area (Å²) in [5.41, 5.74) is 2.13. The lowest BCUT2D eigenvalue weighted by atomic mass is 10.1. The Morgan fingerprint density at radius 1 is 1.11 bits per heavy atom. The molecule has 2 aliphatic rings. The molecule has 9 heteroatoms. The van der Waals surface area contributed by atoms with Crippen LogP contribution in [0.2, 0.25) is 0 Å². The molecule has 0 bridgehead atoms. The number of carbonyl (C=O) groups excluding carboxylic acids is 1. The number of likely N-dealkylation sites (N-methyl/N-ethyl adjacent to an activating group) is 1. The first-order chi connectivity index (χ1) is 11.7. The molecular formula is C18H31Cl3N4O2. The van der Waals surface area contributed by atoms with Crippen LogP contribution in [0.3, 0.4) is 0 Å². The summed E-state index contributed by atoms with van der Waals surface area (Å²) in [5, 5.41) is 6.12. The van der Waals surface area contributed by atoms with Crippen molar-refractivity contribution < 1.29 is 9.53 Å². The van der Waals surface area contributed by atoms with Crippen molar-refractivity contribution in [2.75, 3.05) is 57.8 Å². The fourth-order valence-corrected chi connectivity index (χ4v) is 3.18. The number of nitrogens with one attached hydrogen (secondary N) is 2. The van der Waals surface area contributed by atoms with E-state index < -0.39 is 0 Å². The smallest absolute Gasteiger partial charge is 0.243 e. The first-order valence-electron chi connectivity index (χ1n) is 8.90. The molecule has 6 nitrogen and oxygen atoms in total. The van der Waals surface area contributed by atoms with E-state index in [1.807, 2.05) is 12.1 Å². The third-order valence-electron chi connectivity index (χ3n) is 4.78. The molecule has 2 saturated heterocycles. The van der Waals surface area contributed by atoms with Crippen molar-refractivity contribution in [2.24, 2.45) is 0 Å². The van der Waals surface area contributed by atoms with Crippen molar-refractivity contribution >= 4 is 48.8 Å². The van der Waals surface area contributed by atoms with Crippen LogP contribution in [-0.4, -0.2) is 74.2 Å². The third-order valence-corrected chi connectivity index (χ3v) is 4.78. The fraction of sp³-hybridized carbons (Fsp3) is 0.611. The molecule has 0 radical (unpaired) electrons. The minimum Gasteiger partial charge on any atom is -0.378 e. The summed E-state index contributed by atoms with van der Waals surface area (Å²) in [5.74, 6) is -0.0295. The van der Waals surface area contributed by atoms with Crippen molar-refractivity contribution in [3.8, 4) is 0 Å². The molecule has 2 heterocycles. The summed E-state index contributed by atoms with van der Waals surface area (Å²) in [4.78, 5) is 17.1. The number of rotatable bonds is 5. The first-order valence-corrected chi connectivity index (χ1v) is 8.90. The van der Waals surface area contributed by atoms with Crippen LogP contribution < -0.4 is 10.6 Å². The van der Waals surface area contributed by atoms with E-state index in [2.05, 4.69) is 39.5 Å². The first kappa shape index (κ1) is 26.4. The van der Waals surface area contributed by atoms with Gasteiger partial charge in [-0.25, -0.2) is 0 Å². The summed E-state index contributed by atoms with van der Waals surface area (Å²) in [6.07, 6.45) is 0. The van der Waals surface area contributed by atoms with Gasteiger partial charge in [0.25, 0.3) is 0 Å². The van der Waals surface area contributed by atoms with E-state index in [1.165, 1.54) is 5.56 Å². The average Bonchev–Trinajstić information content (AvgIpc) is 2.65. The Balaban J connectivity index is 0.00000225. The maximum absolute atomic E-state index is 12.2. The van der Waals surface area contributed by atoms with Gasteiger partial charge in [0.05, 0.1) is 13.2 Å². The molecule has 2 aliphatic heterocycles. The number of anilines is 1. The van der Waals surface area contributed by atoms with Crippen molar-refractivity contribution in [1.29, 1.82) is 0 Å². The predicted octanol–water partition coefficient (Wildman–Crippen LogP) is 2.02. The monoisotopic (exact) mass is 440 g/mol. The van der Waals surface area contributed by atoms with Gasteiger partial charge in [0.15, 0.2) is 0 Å². The molecule has 0 aromatic heterocycles. The largest absolute Gasteiger partial charge is 0.378 e. The maximum Gasteiger partial charge on any atom is 0.243 e. The Labute approximate surface area is 180 Å². The molecule has 1 amide bonds. The minimum atomic E-state index is -0.256. The highest BCUT2D eigenvalue weighted by Gasteiger charge is 2.21. The zero-order valence-electron chi connectivity index (χ0n) is 15.7. The highest BCUT2D eigenvalue weighted by atomic mass is 35.5. The summed E-state index contributed by atoms with van der Waals surface area (Å²) in [6.45, 7) is 10.7. The van der Waals surface area contributed by atoms with Gasteiger partial charge in [-0.3, -0.25) is 9.69 Å². The third kappa shape index (κ3) is 8.11. The second kappa shape index (κ2) is 13.6. The van der Waals surface area contributed by atoms with E-state index >= 15 is 0 Å². The van der Waals surface area contributed by atoms with E-state index in [4.69, 9.17) is 4.74 Å². The lowest BCUT2D eigenvalue weighted by Crippen LogP contribution is -2.48. The van der Waals surface area contributed by atoms with Gasteiger partial charge < -0.3 is 20.3 Å². The molecule has 1 aromatic rings. The van der Waals surface area contributed by atoms with Crippen LogP contribution >= 0.6 is 37.2 Å². The number of amides is 1. The highest BCUT2D eigenvalue weighted by molar-refractivity contribution is 5.95. The lowest BCUT2D eigenvalue weighted by molar-refractivity contribution is -0.120. The molecule has 27 heavy (non-hydrogen) atoms. The van der Waals surface area contributed by atoms with E-state index in [0.717, 1.165) is 51.5 Å². The Bertz CT molecular complexity index is 534. The van der Waals surface area contributed by atoms with Gasteiger partial charge in [-0.15, -0.1) is 37.2 Å². The normalized spacial score (nSPS) is 20.6. The molecule has 1 aromatic carbocycles. The van der Waals surface area contributed by atoms with Gasteiger partial charge in [-0.1, -0.05) is 19.1 Å². The van der Waals surface area contributed by atoms with Crippen molar-refractivity contribution in [2.45, 2.75) is 19.5 Å². The summed E-state index contributed by atoms with van der Waals surface area (Å²) in [7, 11) is 0. The van der Waals surface area contributed by atoms with Crippen LogP contribution in [0.25, 0.3) is 0 Å². The molecular weight excluding hydrogens is 411 g/mol. The number of carbonyl (C=O) groups is 1. The Morgan fingerprint density at radius 2 is 1.74 bits per heavy atom. The molecule has 1 unspecified atom stereocenters. The highest BCUT2D eigenvalue weighted by Crippen LogP contribution is 2.13. The van der Waals surface area contributed by atoms with E-state index in [0.29, 0.717) is 13.2 Å². The second-order valence-corrected chi connectivity index (χ2v) is 6.48. The Hall–Kier alpha value is -0.600. The average molecular weight is 442 g/mol. The standard InChI is InChI=1S/C18H28N4O2.3ClH/c1-2-21-8-10-22(11-9-21)13-15-3-5-16(6-4-15)20-18(23)17-14-24-12-7-19-17;;;/h3-6,17,19H,2,7-14H2,1H3,(H,20,23);3*1H. The van der Waals surface area contributed by atoms with Gasteiger partial charge in [-0.05, 0) is 24.2 Å². The van der Waals surface area contributed by atoms with Crippen molar-refractivity contribution in [3.05, 3.63) is 29.8 Å². The number of ether oxygens (including phenoxy) is 1. The SMILES string of the molecule is CCN1CCN(Cc2ccc(NC(=O)C3COCCN3)cc2)CC1.Cl.Cl.Cl. The van der Waals surface area contributed by atoms with Crippen LogP contribution in [0, 0.1) is 0 Å². The number of nitrogens with zero attached hydrogens (tertiary/aromatic N) is 2. The van der Waals surface area contributed by atoms with Crippen molar-refractivity contribution in [3.63, 3.8) is 0 Å². The quantitative estimate of drug-likeness (QED) is 0.732. The Morgan fingerprint density at radius 3 is 2.30 bits per heavy atom. The zero-order valence-corrected chi connectivity index (χ0v) is 18.1. The van der Waals surface area contributed by atoms with Gasteiger partial charge >= 0.3 is 0 Å². The molecule has 2 fully saturated rings. The molecule has 2 N–H and O–H groups in total. The van der Waals surface area contributed by atoms with E-state index in [-0.39, 0.29) is 49.2 Å². The predicted molar refractivity (Wildman–Crippen MR) is 117 cm³/mol. The Kier molecular flexibility index (Phi) is 13.3.